The average Bonchev–Trinajstić information content (AvgIpc) is 3.14. The van der Waals surface area contributed by atoms with Gasteiger partial charge in [-0.05, 0) is 30.3 Å². The van der Waals surface area contributed by atoms with Gasteiger partial charge in [0, 0.05) is 17.0 Å². The number of nitrogens with zero attached hydrogens (tertiary/aromatic N) is 1. The Morgan fingerprint density at radius 3 is 2.44 bits per heavy atom. The number of carbonyl (C=O) groups is 2. The van der Waals surface area contributed by atoms with Gasteiger partial charge in [-0.3, -0.25) is 4.79 Å². The van der Waals surface area contributed by atoms with Crippen LogP contribution in [0.3, 0.4) is 0 Å². The zero-order valence-electron chi connectivity index (χ0n) is 13.8. The number of ether oxygens (including phenoxy) is 1. The number of thiazole rings is 1. The summed E-state index contributed by atoms with van der Waals surface area (Å²) in [6, 6.07) is 6.88. The van der Waals surface area contributed by atoms with Crippen molar-refractivity contribution in [2.45, 2.75) is 0 Å². The van der Waals surface area contributed by atoms with Crippen LogP contribution in [0.25, 0.3) is 10.6 Å². The Bertz CT molecular complexity index is 1020. The van der Waals surface area contributed by atoms with Crippen molar-refractivity contribution in [1.82, 2.24) is 4.98 Å². The van der Waals surface area contributed by atoms with E-state index in [0.29, 0.717) is 16.6 Å². The van der Waals surface area contributed by atoms with Gasteiger partial charge in [-0.2, -0.15) is 0 Å². The monoisotopic (exact) mass is 392 g/mol. The molecule has 0 spiro atoms. The molecule has 1 heterocycles. The largest absolute Gasteiger partial charge is 0.465 e. The van der Waals surface area contributed by atoms with E-state index in [1.807, 2.05) is 0 Å². The second-order valence-electron chi connectivity index (χ2n) is 5.30. The fourth-order valence-corrected chi connectivity index (χ4v) is 3.01. The van der Waals surface area contributed by atoms with Crippen molar-refractivity contribution in [2.75, 3.05) is 12.4 Å². The van der Waals surface area contributed by atoms with Crippen LogP contribution in [-0.4, -0.2) is 24.0 Å². The quantitative estimate of drug-likeness (QED) is 0.674. The van der Waals surface area contributed by atoms with E-state index in [1.54, 1.807) is 0 Å². The molecule has 0 aliphatic rings. The van der Waals surface area contributed by atoms with Crippen LogP contribution in [0.5, 0.6) is 0 Å². The number of rotatable bonds is 4. The molecule has 0 saturated carbocycles. The molecule has 0 fully saturated rings. The summed E-state index contributed by atoms with van der Waals surface area (Å²) in [6.45, 7) is 0. The summed E-state index contributed by atoms with van der Waals surface area (Å²) in [5.74, 6) is -4.32. The topological polar surface area (TPSA) is 68.3 Å². The Hall–Kier alpha value is -3.20. The van der Waals surface area contributed by atoms with Gasteiger partial charge in [-0.1, -0.05) is 0 Å². The maximum atomic E-state index is 13.9. The molecule has 3 rings (SSSR count). The fraction of sp³-hybridized carbons (Fsp3) is 0.0556. The molecule has 0 unspecified atom stereocenters. The highest BCUT2D eigenvalue weighted by molar-refractivity contribution is 7.13. The van der Waals surface area contributed by atoms with Crippen LogP contribution in [0.2, 0.25) is 0 Å². The number of anilines is 1. The number of esters is 1. The van der Waals surface area contributed by atoms with Gasteiger partial charge in [0.25, 0.3) is 5.91 Å². The summed E-state index contributed by atoms with van der Waals surface area (Å²) in [5.41, 5.74) is -0.304. The smallest absolute Gasteiger partial charge is 0.340 e. The van der Waals surface area contributed by atoms with Crippen LogP contribution in [0.1, 0.15) is 20.8 Å². The third-order valence-corrected chi connectivity index (χ3v) is 4.43. The van der Waals surface area contributed by atoms with Crippen LogP contribution < -0.4 is 5.32 Å². The van der Waals surface area contributed by atoms with Crippen molar-refractivity contribution in [1.29, 1.82) is 0 Å². The molecule has 0 bridgehead atoms. The maximum absolute atomic E-state index is 13.9. The van der Waals surface area contributed by atoms with Gasteiger partial charge < -0.3 is 10.1 Å². The van der Waals surface area contributed by atoms with E-state index in [2.05, 4.69) is 15.0 Å². The molecule has 9 heteroatoms. The summed E-state index contributed by atoms with van der Waals surface area (Å²) in [4.78, 5) is 27.9. The lowest BCUT2D eigenvalue weighted by atomic mass is 10.1. The number of carbonyl (C=O) groups excluding carboxylic acids is 2. The minimum Gasteiger partial charge on any atom is -0.465 e. The molecular weight excluding hydrogens is 381 g/mol. The number of halogens is 3. The minimum atomic E-state index is -1.11. The predicted octanol–water partition coefficient (Wildman–Crippen LogP) is 4.27. The van der Waals surface area contributed by atoms with E-state index in [1.165, 1.54) is 29.6 Å². The van der Waals surface area contributed by atoms with Gasteiger partial charge >= 0.3 is 5.97 Å². The van der Waals surface area contributed by atoms with Crippen LogP contribution in [0.4, 0.5) is 18.9 Å². The molecule has 138 valence electrons. The summed E-state index contributed by atoms with van der Waals surface area (Å²) in [6.07, 6.45) is 0. The molecule has 2 aromatic carbocycles. The van der Waals surface area contributed by atoms with Crippen molar-refractivity contribution in [2.24, 2.45) is 0 Å². The number of amides is 1. The Labute approximate surface area is 155 Å². The highest BCUT2D eigenvalue weighted by Crippen LogP contribution is 2.25. The van der Waals surface area contributed by atoms with E-state index in [0.717, 1.165) is 24.5 Å². The molecule has 0 aliphatic heterocycles. The van der Waals surface area contributed by atoms with Crippen molar-refractivity contribution >= 4 is 28.9 Å². The van der Waals surface area contributed by atoms with E-state index in [9.17, 15) is 22.8 Å². The first-order valence-electron chi connectivity index (χ1n) is 7.49. The van der Waals surface area contributed by atoms with Gasteiger partial charge in [0.05, 0.1) is 18.4 Å². The van der Waals surface area contributed by atoms with Crippen molar-refractivity contribution in [3.05, 3.63) is 70.5 Å². The maximum Gasteiger partial charge on any atom is 0.340 e. The number of hydrogen-bond acceptors (Lipinski definition) is 5. The first-order chi connectivity index (χ1) is 12.9. The number of nitrogens with one attached hydrogen (secondary N) is 1. The summed E-state index contributed by atoms with van der Waals surface area (Å²) < 4.78 is 45.0. The Kier molecular flexibility index (Phi) is 5.22. The molecule has 0 radical (unpaired) electrons. The molecule has 0 atom stereocenters. The molecule has 1 N–H and O–H groups in total. The minimum absolute atomic E-state index is 0.0114. The molecule has 5 nitrogen and oxygen atoms in total. The van der Waals surface area contributed by atoms with Gasteiger partial charge in [-0.15, -0.1) is 11.3 Å². The fourth-order valence-electron chi connectivity index (χ4n) is 2.20. The van der Waals surface area contributed by atoms with Gasteiger partial charge in [0.2, 0.25) is 0 Å². The normalized spacial score (nSPS) is 10.5. The lowest BCUT2D eigenvalue weighted by Crippen LogP contribution is -2.15. The predicted molar refractivity (Wildman–Crippen MR) is 93.2 cm³/mol. The molecule has 1 amide bonds. The van der Waals surface area contributed by atoms with Crippen LogP contribution in [0, 0.1) is 17.5 Å². The van der Waals surface area contributed by atoms with Crippen molar-refractivity contribution in [3.8, 4) is 10.6 Å². The zero-order valence-corrected chi connectivity index (χ0v) is 14.6. The third-order valence-electron chi connectivity index (χ3n) is 3.54. The van der Waals surface area contributed by atoms with E-state index in [-0.39, 0.29) is 5.69 Å². The highest BCUT2D eigenvalue weighted by Gasteiger charge is 2.19. The van der Waals surface area contributed by atoms with Gasteiger partial charge in [0.1, 0.15) is 28.2 Å². The standard InChI is InChI=1S/C18H11F3N2O3S/c1-26-18(25)11-6-14(13(21)7-12(11)20)22-16(24)15-8-27-17(23-15)9-2-4-10(19)5-3-9/h2-8H,1H3,(H,22,24). The van der Waals surface area contributed by atoms with Crippen LogP contribution in [0.15, 0.2) is 41.8 Å². The number of benzene rings is 2. The van der Waals surface area contributed by atoms with Gasteiger partial charge in [0.15, 0.2) is 0 Å². The van der Waals surface area contributed by atoms with Crippen molar-refractivity contribution in [3.63, 3.8) is 0 Å². The Morgan fingerprint density at radius 1 is 1.07 bits per heavy atom. The number of methoxy groups -OCH3 is 1. The SMILES string of the molecule is COC(=O)c1cc(NC(=O)c2csc(-c3ccc(F)cc3)n2)c(F)cc1F. The average molecular weight is 392 g/mol. The summed E-state index contributed by atoms with van der Waals surface area (Å²) in [5, 5.41) is 4.15. The molecule has 1 aromatic heterocycles. The lowest BCUT2D eigenvalue weighted by molar-refractivity contribution is 0.0595. The molecule has 27 heavy (non-hydrogen) atoms. The van der Waals surface area contributed by atoms with E-state index < -0.39 is 40.6 Å². The summed E-state index contributed by atoms with van der Waals surface area (Å²) in [7, 11) is 1.05. The molecule has 0 saturated heterocycles. The number of aromatic nitrogens is 1. The zero-order chi connectivity index (χ0) is 19.6. The van der Waals surface area contributed by atoms with E-state index >= 15 is 0 Å². The van der Waals surface area contributed by atoms with Crippen LogP contribution >= 0.6 is 11.3 Å². The Morgan fingerprint density at radius 2 is 1.78 bits per heavy atom. The first-order valence-corrected chi connectivity index (χ1v) is 8.37. The summed E-state index contributed by atoms with van der Waals surface area (Å²) >= 11 is 1.14. The molecule has 3 aromatic rings. The van der Waals surface area contributed by atoms with Crippen LogP contribution in [-0.2, 0) is 4.74 Å². The Balaban J connectivity index is 1.84. The lowest BCUT2D eigenvalue weighted by Gasteiger charge is -2.08. The molecule has 0 aliphatic carbocycles. The second-order valence-corrected chi connectivity index (χ2v) is 6.16. The second kappa shape index (κ2) is 7.58. The first kappa shape index (κ1) is 18.6. The van der Waals surface area contributed by atoms with Gasteiger partial charge in [-0.25, -0.2) is 22.9 Å². The van der Waals surface area contributed by atoms with Crippen molar-refractivity contribution < 1.29 is 27.5 Å². The molecular formula is C18H11F3N2O3S. The third kappa shape index (κ3) is 3.98. The van der Waals surface area contributed by atoms with E-state index in [4.69, 9.17) is 0 Å². The number of hydrogen-bond donors (Lipinski definition) is 1. The highest BCUT2D eigenvalue weighted by atomic mass is 32.1.